The van der Waals surface area contributed by atoms with Gasteiger partial charge in [-0.1, -0.05) is 0 Å². The Labute approximate surface area is 102 Å². The lowest BCUT2D eigenvalue weighted by Crippen LogP contribution is -2.37. The highest BCUT2D eigenvalue weighted by molar-refractivity contribution is 7.89. The van der Waals surface area contributed by atoms with E-state index >= 15 is 0 Å². The molecule has 1 heterocycles. The molecule has 6 nitrogen and oxygen atoms in total. The van der Waals surface area contributed by atoms with Gasteiger partial charge in [0, 0.05) is 26.7 Å². The largest absolute Gasteiger partial charge is 0.327 e. The Bertz CT molecular complexity index is 505. The molecule has 0 aliphatic carbocycles. The third-order valence-electron chi connectivity index (χ3n) is 2.66. The van der Waals surface area contributed by atoms with Crippen LogP contribution in [0.1, 0.15) is 18.3 Å². The lowest BCUT2D eigenvalue weighted by Gasteiger charge is -2.19. The number of nitrogens with zero attached hydrogens (tertiary/aromatic N) is 3. The lowest BCUT2D eigenvalue weighted by molar-refractivity contribution is 0.444. The molecule has 0 saturated carbocycles. The molecule has 0 saturated heterocycles. The highest BCUT2D eigenvalue weighted by Gasteiger charge is 2.28. The number of rotatable bonds is 4. The molecule has 98 valence electrons. The first-order chi connectivity index (χ1) is 7.67. The zero-order chi connectivity index (χ0) is 13.4. The standard InChI is InChI=1S/C10H20N4O2S/c1-7(11)6-13(4)17(15,16)10-8(2)12-14(5)9(10)3/h7H,6,11H2,1-5H3. The van der Waals surface area contributed by atoms with Crippen LogP contribution >= 0.6 is 0 Å². The van der Waals surface area contributed by atoms with Gasteiger partial charge in [0.1, 0.15) is 4.90 Å². The third kappa shape index (κ3) is 2.67. The number of sulfonamides is 1. The molecular weight excluding hydrogens is 240 g/mol. The van der Waals surface area contributed by atoms with Crippen molar-refractivity contribution in [1.82, 2.24) is 14.1 Å². The number of likely N-dealkylation sites (N-methyl/N-ethyl adjacent to an activating group) is 1. The van der Waals surface area contributed by atoms with Crippen LogP contribution in [0.15, 0.2) is 4.90 Å². The predicted octanol–water partition coefficient (Wildman–Crippen LogP) is 0.00464. The van der Waals surface area contributed by atoms with E-state index in [0.29, 0.717) is 11.4 Å². The topological polar surface area (TPSA) is 81.2 Å². The summed E-state index contributed by atoms with van der Waals surface area (Å²) in [5.41, 5.74) is 6.78. The van der Waals surface area contributed by atoms with Crippen LogP contribution in [0.25, 0.3) is 0 Å². The second kappa shape index (κ2) is 4.75. The van der Waals surface area contributed by atoms with Crippen LogP contribution in [0.3, 0.4) is 0 Å². The van der Waals surface area contributed by atoms with Crippen molar-refractivity contribution < 1.29 is 8.42 Å². The maximum Gasteiger partial charge on any atom is 0.246 e. The first kappa shape index (κ1) is 14.1. The van der Waals surface area contributed by atoms with Crippen molar-refractivity contribution >= 4 is 10.0 Å². The molecule has 7 heteroatoms. The molecule has 1 atom stereocenters. The van der Waals surface area contributed by atoms with Gasteiger partial charge in [0.2, 0.25) is 10.0 Å². The molecule has 0 aromatic carbocycles. The van der Waals surface area contributed by atoms with Gasteiger partial charge in [0.05, 0.1) is 11.4 Å². The van der Waals surface area contributed by atoms with Gasteiger partial charge in [-0.05, 0) is 20.8 Å². The van der Waals surface area contributed by atoms with Crippen molar-refractivity contribution in [3.63, 3.8) is 0 Å². The number of aromatic nitrogens is 2. The SMILES string of the molecule is Cc1nn(C)c(C)c1S(=O)(=O)N(C)CC(C)N. The van der Waals surface area contributed by atoms with Gasteiger partial charge in [-0.3, -0.25) is 4.68 Å². The fraction of sp³-hybridized carbons (Fsp3) is 0.700. The Hall–Kier alpha value is -0.920. The molecule has 0 spiro atoms. The summed E-state index contributed by atoms with van der Waals surface area (Å²) in [5.74, 6) is 0. The fourth-order valence-electron chi connectivity index (χ4n) is 1.79. The average Bonchev–Trinajstić information content (AvgIpc) is 2.39. The molecule has 0 aliphatic rings. The van der Waals surface area contributed by atoms with Gasteiger partial charge in [0.25, 0.3) is 0 Å². The summed E-state index contributed by atoms with van der Waals surface area (Å²) in [7, 11) is -0.243. The van der Waals surface area contributed by atoms with E-state index in [1.165, 1.54) is 11.4 Å². The lowest BCUT2D eigenvalue weighted by atomic mass is 10.4. The van der Waals surface area contributed by atoms with Crippen molar-refractivity contribution in [2.24, 2.45) is 12.8 Å². The van der Waals surface area contributed by atoms with Gasteiger partial charge in [-0.15, -0.1) is 0 Å². The van der Waals surface area contributed by atoms with E-state index in [4.69, 9.17) is 5.73 Å². The van der Waals surface area contributed by atoms with E-state index in [1.807, 2.05) is 0 Å². The first-order valence-corrected chi connectivity index (χ1v) is 6.84. The molecule has 0 aliphatic heterocycles. The van der Waals surface area contributed by atoms with E-state index in [1.54, 1.807) is 32.5 Å². The zero-order valence-corrected chi connectivity index (χ0v) is 11.7. The minimum absolute atomic E-state index is 0.202. The van der Waals surface area contributed by atoms with E-state index in [2.05, 4.69) is 5.10 Å². The number of hydrogen-bond acceptors (Lipinski definition) is 4. The van der Waals surface area contributed by atoms with Crippen LogP contribution in [0.2, 0.25) is 0 Å². The monoisotopic (exact) mass is 260 g/mol. The van der Waals surface area contributed by atoms with E-state index in [0.717, 1.165) is 0 Å². The average molecular weight is 260 g/mol. The molecule has 1 aromatic heterocycles. The quantitative estimate of drug-likeness (QED) is 0.826. The molecule has 0 fully saturated rings. The van der Waals surface area contributed by atoms with Gasteiger partial charge in [0.15, 0.2) is 0 Å². The Kier molecular flexibility index (Phi) is 3.95. The summed E-state index contributed by atoms with van der Waals surface area (Å²) in [6.45, 7) is 5.50. The molecule has 1 aromatic rings. The number of hydrogen-bond donors (Lipinski definition) is 1. The Morgan fingerprint density at radius 2 is 2.00 bits per heavy atom. The minimum Gasteiger partial charge on any atom is -0.327 e. The summed E-state index contributed by atoms with van der Waals surface area (Å²) >= 11 is 0. The van der Waals surface area contributed by atoms with E-state index in [9.17, 15) is 8.42 Å². The molecule has 1 rings (SSSR count). The Balaban J connectivity index is 3.22. The highest BCUT2D eigenvalue weighted by Crippen LogP contribution is 2.21. The van der Waals surface area contributed by atoms with Crippen LogP contribution < -0.4 is 5.73 Å². The second-order valence-electron chi connectivity index (χ2n) is 4.39. The summed E-state index contributed by atoms with van der Waals surface area (Å²) in [4.78, 5) is 0.281. The van der Waals surface area contributed by atoms with Crippen molar-refractivity contribution in [3.05, 3.63) is 11.4 Å². The predicted molar refractivity (Wildman–Crippen MR) is 66.1 cm³/mol. The normalized spacial score (nSPS) is 14.3. The fourth-order valence-corrected chi connectivity index (χ4v) is 3.45. The Morgan fingerprint density at radius 1 is 1.47 bits per heavy atom. The first-order valence-electron chi connectivity index (χ1n) is 5.40. The van der Waals surface area contributed by atoms with Gasteiger partial charge >= 0.3 is 0 Å². The van der Waals surface area contributed by atoms with Crippen molar-refractivity contribution in [2.75, 3.05) is 13.6 Å². The third-order valence-corrected chi connectivity index (χ3v) is 4.73. The van der Waals surface area contributed by atoms with Crippen LogP contribution in [0.5, 0.6) is 0 Å². The van der Waals surface area contributed by atoms with Crippen LogP contribution in [-0.2, 0) is 17.1 Å². The van der Waals surface area contributed by atoms with E-state index < -0.39 is 10.0 Å². The highest BCUT2D eigenvalue weighted by atomic mass is 32.2. The van der Waals surface area contributed by atoms with Gasteiger partial charge in [-0.25, -0.2) is 8.42 Å². The van der Waals surface area contributed by atoms with E-state index in [-0.39, 0.29) is 17.5 Å². The van der Waals surface area contributed by atoms with Crippen molar-refractivity contribution in [3.8, 4) is 0 Å². The maximum atomic E-state index is 12.3. The minimum atomic E-state index is -3.50. The summed E-state index contributed by atoms with van der Waals surface area (Å²) in [5, 5.41) is 4.12. The summed E-state index contributed by atoms with van der Waals surface area (Å²) in [6, 6.07) is -0.202. The smallest absolute Gasteiger partial charge is 0.246 e. The van der Waals surface area contributed by atoms with Crippen molar-refractivity contribution in [1.29, 1.82) is 0 Å². The molecule has 0 amide bonds. The molecule has 0 bridgehead atoms. The second-order valence-corrected chi connectivity index (χ2v) is 6.37. The summed E-state index contributed by atoms with van der Waals surface area (Å²) < 4.78 is 27.5. The Morgan fingerprint density at radius 3 is 2.35 bits per heavy atom. The van der Waals surface area contributed by atoms with Gasteiger partial charge in [-0.2, -0.15) is 9.40 Å². The van der Waals surface area contributed by atoms with Crippen LogP contribution in [0, 0.1) is 13.8 Å². The molecule has 17 heavy (non-hydrogen) atoms. The number of aryl methyl sites for hydroxylation is 2. The maximum absolute atomic E-state index is 12.3. The zero-order valence-electron chi connectivity index (χ0n) is 10.9. The summed E-state index contributed by atoms with van der Waals surface area (Å²) in [6.07, 6.45) is 0. The number of nitrogens with two attached hydrogens (primary N) is 1. The molecule has 2 N–H and O–H groups in total. The molecular formula is C10H20N4O2S. The molecule has 0 radical (unpaired) electrons. The molecule has 1 unspecified atom stereocenters. The van der Waals surface area contributed by atoms with Crippen LogP contribution in [-0.4, -0.2) is 42.1 Å². The van der Waals surface area contributed by atoms with Gasteiger partial charge < -0.3 is 5.73 Å². The van der Waals surface area contributed by atoms with Crippen molar-refractivity contribution in [2.45, 2.75) is 31.7 Å². The van der Waals surface area contributed by atoms with Crippen LogP contribution in [0.4, 0.5) is 0 Å².